The van der Waals surface area contributed by atoms with Crippen molar-refractivity contribution in [2.75, 3.05) is 0 Å². The zero-order valence-corrected chi connectivity index (χ0v) is 39.3. The van der Waals surface area contributed by atoms with Crippen LogP contribution in [-0.4, -0.2) is 22.6 Å². The molecule has 0 aliphatic rings. The Labute approximate surface area is 371 Å². The molecule has 301 valence electrons. The summed E-state index contributed by atoms with van der Waals surface area (Å²) in [7, 11) is -1.34. The van der Waals surface area contributed by atoms with Crippen molar-refractivity contribution in [3.63, 3.8) is 0 Å². The molecule has 0 saturated carbocycles. The molecule has 0 bridgehead atoms. The summed E-state index contributed by atoms with van der Waals surface area (Å²) >= 11 is 1.65. The first-order valence-corrected chi connectivity index (χ1v) is 24.7. The van der Waals surface area contributed by atoms with E-state index in [1.165, 1.54) is 37.7 Å². The number of para-hydroxylation sites is 3. The maximum atomic E-state index is 6.24. The third-order valence-electron chi connectivity index (χ3n) is 11.1. The zero-order valence-electron chi connectivity index (χ0n) is 35.1. The van der Waals surface area contributed by atoms with E-state index in [4.69, 9.17) is 9.40 Å². The van der Waals surface area contributed by atoms with Crippen LogP contribution in [0.3, 0.4) is 0 Å². The molecule has 0 spiro atoms. The van der Waals surface area contributed by atoms with Gasteiger partial charge in [0.1, 0.15) is 11.2 Å². The molecular formula is C53H47IrN3OSSi-2. The van der Waals surface area contributed by atoms with E-state index in [-0.39, 0.29) is 20.1 Å². The van der Waals surface area contributed by atoms with E-state index >= 15 is 0 Å². The minimum atomic E-state index is -1.34. The van der Waals surface area contributed by atoms with E-state index in [0.29, 0.717) is 5.92 Å². The molecule has 0 aliphatic carbocycles. The molecule has 4 heterocycles. The van der Waals surface area contributed by atoms with Gasteiger partial charge in [0.15, 0.2) is 0 Å². The largest absolute Gasteiger partial charge is 0.456 e. The summed E-state index contributed by atoms with van der Waals surface area (Å²) in [6.07, 6.45) is 3.24. The molecule has 0 N–H and O–H groups in total. The maximum absolute atomic E-state index is 6.24. The normalized spacial score (nSPS) is 11.7. The molecule has 7 heteroatoms. The fourth-order valence-electron chi connectivity index (χ4n) is 8.36. The van der Waals surface area contributed by atoms with E-state index in [0.717, 1.165) is 73.1 Å². The van der Waals surface area contributed by atoms with Gasteiger partial charge in [0.05, 0.1) is 24.9 Å². The molecule has 0 amide bonds. The number of imidazole rings is 1. The summed E-state index contributed by atoms with van der Waals surface area (Å²) in [5.41, 5.74) is 14.5. The van der Waals surface area contributed by atoms with Gasteiger partial charge >= 0.3 is 0 Å². The van der Waals surface area contributed by atoms with Gasteiger partial charge in [0, 0.05) is 48.8 Å². The topological polar surface area (TPSA) is 43.9 Å². The molecule has 4 nitrogen and oxygen atoms in total. The molecule has 6 aromatic carbocycles. The number of aryl methyl sites for hydroxylation is 2. The van der Waals surface area contributed by atoms with Crippen LogP contribution in [0.2, 0.25) is 19.6 Å². The summed E-state index contributed by atoms with van der Waals surface area (Å²) in [5, 5.41) is 8.51. The second-order valence-electron chi connectivity index (χ2n) is 16.9. The Kier molecular flexibility index (Phi) is 11.6. The van der Waals surface area contributed by atoms with E-state index in [1.54, 1.807) is 11.3 Å². The Morgan fingerprint density at radius 2 is 1.48 bits per heavy atom. The van der Waals surface area contributed by atoms with Crippen molar-refractivity contribution >= 4 is 67.7 Å². The first-order valence-electron chi connectivity index (χ1n) is 20.4. The van der Waals surface area contributed by atoms with Crippen molar-refractivity contribution < 1.29 is 24.5 Å². The van der Waals surface area contributed by atoms with Crippen LogP contribution < -0.4 is 5.19 Å². The number of hydrogen-bond acceptors (Lipinski definition) is 4. The quantitative estimate of drug-likeness (QED) is 0.118. The number of rotatable bonds is 7. The Morgan fingerprint density at radius 3 is 2.25 bits per heavy atom. The molecule has 0 unspecified atom stereocenters. The number of aromatic nitrogens is 3. The minimum absolute atomic E-state index is 0. The van der Waals surface area contributed by atoms with Gasteiger partial charge in [-0.3, -0.25) is 16.3 Å². The molecule has 10 rings (SSSR count). The van der Waals surface area contributed by atoms with Crippen molar-refractivity contribution in [3.8, 4) is 39.5 Å². The van der Waals surface area contributed by atoms with Crippen LogP contribution in [0, 0.1) is 31.2 Å². The molecule has 4 aromatic heterocycles. The Bertz CT molecular complexity index is 3110. The van der Waals surface area contributed by atoms with E-state index < -0.39 is 8.07 Å². The Morgan fingerprint density at radius 1 is 0.750 bits per heavy atom. The second kappa shape index (κ2) is 16.9. The van der Waals surface area contributed by atoms with Crippen LogP contribution in [-0.2, 0) is 26.5 Å². The fourth-order valence-corrected chi connectivity index (χ4v) is 10.8. The van der Waals surface area contributed by atoms with Crippen molar-refractivity contribution in [3.05, 3.63) is 168 Å². The molecule has 0 saturated heterocycles. The van der Waals surface area contributed by atoms with Gasteiger partial charge in [-0.25, -0.2) is 0 Å². The zero-order chi connectivity index (χ0) is 40.8. The van der Waals surface area contributed by atoms with Gasteiger partial charge in [-0.05, 0) is 89.7 Å². The summed E-state index contributed by atoms with van der Waals surface area (Å²) < 4.78 is 9.68. The average Bonchev–Trinajstić information content (AvgIpc) is 3.93. The monoisotopic (exact) mass is 994 g/mol. The Hall–Kier alpha value is -5.43. The third kappa shape index (κ3) is 7.95. The van der Waals surface area contributed by atoms with Gasteiger partial charge < -0.3 is 14.0 Å². The van der Waals surface area contributed by atoms with Crippen molar-refractivity contribution in [2.45, 2.75) is 53.8 Å². The first-order chi connectivity index (χ1) is 28.5. The van der Waals surface area contributed by atoms with Gasteiger partial charge in [-0.15, -0.1) is 47.3 Å². The van der Waals surface area contributed by atoms with Gasteiger partial charge in [-0.2, -0.15) is 0 Å². The third-order valence-corrected chi connectivity index (χ3v) is 14.0. The summed E-state index contributed by atoms with van der Waals surface area (Å²) in [6, 6.07) is 49.8. The molecule has 0 aliphatic heterocycles. The smallest absolute Gasteiger partial charge is 0.137 e. The van der Waals surface area contributed by atoms with Crippen LogP contribution in [0.4, 0.5) is 0 Å². The number of pyridine rings is 1. The van der Waals surface area contributed by atoms with Crippen LogP contribution >= 0.6 is 11.3 Å². The van der Waals surface area contributed by atoms with Crippen LogP contribution in [0.1, 0.15) is 30.5 Å². The summed E-state index contributed by atoms with van der Waals surface area (Å²) in [4.78, 5) is 9.81. The van der Waals surface area contributed by atoms with E-state index in [2.05, 4.69) is 172 Å². The number of hydrogen-bond donors (Lipinski definition) is 0. The number of benzene rings is 6. The van der Waals surface area contributed by atoms with Crippen molar-refractivity contribution in [2.24, 2.45) is 5.92 Å². The van der Waals surface area contributed by atoms with Crippen LogP contribution in [0.15, 0.2) is 144 Å². The van der Waals surface area contributed by atoms with E-state index in [1.807, 2.05) is 36.4 Å². The number of fused-ring (bicyclic) bond motifs is 5. The molecule has 0 atom stereocenters. The molecule has 60 heavy (non-hydrogen) atoms. The number of furan rings is 1. The van der Waals surface area contributed by atoms with Crippen LogP contribution in [0.25, 0.3) is 82.5 Å². The number of nitrogens with zero attached hydrogens (tertiary/aromatic N) is 3. The molecule has 10 aromatic rings. The van der Waals surface area contributed by atoms with E-state index in [9.17, 15) is 0 Å². The van der Waals surface area contributed by atoms with Crippen molar-refractivity contribution in [1.82, 2.24) is 14.5 Å². The minimum Gasteiger partial charge on any atom is -0.456 e. The second-order valence-corrected chi connectivity index (χ2v) is 22.8. The molecular weight excluding hydrogens is 947 g/mol. The number of thiophene rings is 1. The summed E-state index contributed by atoms with van der Waals surface area (Å²) in [6.45, 7) is 16.1. The predicted molar refractivity (Wildman–Crippen MR) is 253 cm³/mol. The first kappa shape index (κ1) is 41.3. The fraction of sp³-hybridized carbons (Fsp3) is 0.170. The van der Waals surface area contributed by atoms with Gasteiger partial charge in [-0.1, -0.05) is 121 Å². The van der Waals surface area contributed by atoms with Crippen LogP contribution in [0.5, 0.6) is 0 Å². The molecule has 0 fully saturated rings. The molecule has 1 radical (unpaired) electrons. The van der Waals surface area contributed by atoms with Crippen molar-refractivity contribution in [1.29, 1.82) is 0 Å². The average molecular weight is 994 g/mol. The maximum Gasteiger partial charge on any atom is 0.137 e. The van der Waals surface area contributed by atoms with Gasteiger partial charge in [0.25, 0.3) is 0 Å². The van der Waals surface area contributed by atoms with Gasteiger partial charge in [0.2, 0.25) is 0 Å². The Balaban J connectivity index is 0.000000202. The predicted octanol–water partition coefficient (Wildman–Crippen LogP) is 14.2. The summed E-state index contributed by atoms with van der Waals surface area (Å²) in [5.74, 6) is 1.55. The standard InChI is InChI=1S/C35H23N2OS.C18H24NSi.Ir/c1-21-8-7-9-22(2)34(21)23-14-16-27-28(20-39-33(27)18-23)35-36-29-11-4-5-12-30(29)37(35)24-15-17-26-25-10-3-6-13-31(25)38-32(26)19-24;1-14(2)11-16-12-17(15-9-7-6-8-10-15)19-13-18(16)20(3,4)5;/h3-19H,1-2H3;6-9,12-14H,11H2,1-5H3;/q2*-1;. The SMILES string of the molecule is CC(C)Cc1cc(-c2[c-]cccc2)ncc1[Si](C)(C)C.Cc1cccc(C)c1-c1ccc2c(-c3nc4ccccc4n3-c3ccc4c(c3)oc3ccccc34)[c-]sc2c1.[Ir].